The van der Waals surface area contributed by atoms with E-state index in [0.29, 0.717) is 60.5 Å². The van der Waals surface area contributed by atoms with Crippen LogP contribution in [0.5, 0.6) is 28.7 Å². The highest BCUT2D eigenvalue weighted by Crippen LogP contribution is 2.54. The van der Waals surface area contributed by atoms with Crippen molar-refractivity contribution in [3.8, 4) is 28.7 Å². The molecular formula is C31H35N3O8. The fraction of sp³-hybridized carbons (Fsp3) is 0.419. The number of pyridine rings is 1. The number of hydrogen-bond donors (Lipinski definition) is 2. The summed E-state index contributed by atoms with van der Waals surface area (Å²) in [6, 6.07) is 13.0. The van der Waals surface area contributed by atoms with Crippen LogP contribution in [-0.4, -0.2) is 86.9 Å². The van der Waals surface area contributed by atoms with E-state index in [1.165, 1.54) is 21.3 Å². The first kappa shape index (κ1) is 27.9. The van der Waals surface area contributed by atoms with Gasteiger partial charge in [0.2, 0.25) is 18.4 Å². The highest BCUT2D eigenvalue weighted by atomic mass is 16.7. The number of anilines is 1. The molecule has 1 amide bonds. The van der Waals surface area contributed by atoms with Crippen LogP contribution in [0.3, 0.4) is 0 Å². The number of nitrogens with zero attached hydrogens (tertiary/aromatic N) is 3. The van der Waals surface area contributed by atoms with Crippen LogP contribution in [0.15, 0.2) is 48.7 Å². The third-order valence-electron chi connectivity index (χ3n) is 8.56. The topological polar surface area (TPSA) is 123 Å². The normalized spacial score (nSPS) is 22.9. The molecular weight excluding hydrogens is 542 g/mol. The van der Waals surface area contributed by atoms with E-state index < -0.39 is 23.9 Å². The average molecular weight is 578 g/mol. The number of aromatic nitrogens is 1. The Kier molecular flexibility index (Phi) is 7.70. The van der Waals surface area contributed by atoms with Crippen molar-refractivity contribution >= 4 is 11.7 Å². The maximum atomic E-state index is 14.5. The SMILES string of the molecule is COc1cc(C2c3cc4c(cc3C(O)C(CO)C2C(=O)N2CCN(c3ccccn3)CC2)OCO4)cc(OC)c1OC. The van der Waals surface area contributed by atoms with Gasteiger partial charge in [-0.25, -0.2) is 4.98 Å². The summed E-state index contributed by atoms with van der Waals surface area (Å²) in [5, 5.41) is 22.3. The molecule has 11 nitrogen and oxygen atoms in total. The lowest BCUT2D eigenvalue weighted by atomic mass is 9.64. The summed E-state index contributed by atoms with van der Waals surface area (Å²) in [5.41, 5.74) is 2.03. The maximum absolute atomic E-state index is 14.5. The Hall–Kier alpha value is -4.22. The van der Waals surface area contributed by atoms with Crippen LogP contribution in [0, 0.1) is 11.8 Å². The van der Waals surface area contributed by atoms with Crippen LogP contribution < -0.4 is 28.6 Å². The van der Waals surface area contributed by atoms with Crippen molar-refractivity contribution in [2.45, 2.75) is 12.0 Å². The summed E-state index contributed by atoms with van der Waals surface area (Å²) >= 11 is 0. The molecule has 3 heterocycles. The molecule has 3 aliphatic rings. The van der Waals surface area contributed by atoms with Crippen molar-refractivity contribution in [1.82, 2.24) is 9.88 Å². The number of piperazine rings is 1. The van der Waals surface area contributed by atoms with Crippen molar-refractivity contribution in [1.29, 1.82) is 0 Å². The molecule has 4 atom stereocenters. The third kappa shape index (κ3) is 4.72. The van der Waals surface area contributed by atoms with E-state index in [1.807, 2.05) is 41.3 Å². The molecule has 2 aliphatic heterocycles. The number of hydrogen-bond acceptors (Lipinski definition) is 10. The van der Waals surface area contributed by atoms with E-state index in [2.05, 4.69) is 9.88 Å². The summed E-state index contributed by atoms with van der Waals surface area (Å²) in [7, 11) is 4.61. The second-order valence-electron chi connectivity index (χ2n) is 10.6. The Morgan fingerprint density at radius 2 is 1.62 bits per heavy atom. The minimum Gasteiger partial charge on any atom is -0.493 e. The molecule has 0 spiro atoms. The predicted octanol–water partition coefficient (Wildman–Crippen LogP) is 2.59. The van der Waals surface area contributed by atoms with Crippen LogP contribution in [0.1, 0.15) is 28.7 Å². The van der Waals surface area contributed by atoms with Crippen LogP contribution in [-0.2, 0) is 4.79 Å². The van der Waals surface area contributed by atoms with E-state index in [1.54, 1.807) is 12.3 Å². The van der Waals surface area contributed by atoms with Gasteiger partial charge in [0.1, 0.15) is 5.82 Å². The number of fused-ring (bicyclic) bond motifs is 2. The van der Waals surface area contributed by atoms with Crippen molar-refractivity contribution in [2.24, 2.45) is 11.8 Å². The highest BCUT2D eigenvalue weighted by molar-refractivity contribution is 5.82. The lowest BCUT2D eigenvalue weighted by Gasteiger charge is -2.45. The Morgan fingerprint density at radius 1 is 0.952 bits per heavy atom. The fourth-order valence-electron chi connectivity index (χ4n) is 6.48. The number of benzene rings is 2. The molecule has 1 saturated heterocycles. The zero-order valence-electron chi connectivity index (χ0n) is 23.9. The van der Waals surface area contributed by atoms with Gasteiger partial charge in [-0.15, -0.1) is 0 Å². The Labute approximate surface area is 244 Å². The number of aliphatic hydroxyl groups is 2. The maximum Gasteiger partial charge on any atom is 0.231 e. The van der Waals surface area contributed by atoms with Gasteiger partial charge >= 0.3 is 0 Å². The van der Waals surface area contributed by atoms with Crippen LogP contribution in [0.2, 0.25) is 0 Å². The van der Waals surface area contributed by atoms with E-state index in [4.69, 9.17) is 23.7 Å². The van der Waals surface area contributed by atoms with Gasteiger partial charge in [-0.2, -0.15) is 0 Å². The summed E-state index contributed by atoms with van der Waals surface area (Å²) in [6.45, 7) is 1.87. The van der Waals surface area contributed by atoms with E-state index in [9.17, 15) is 15.0 Å². The number of ether oxygens (including phenoxy) is 5. The molecule has 0 radical (unpaired) electrons. The summed E-state index contributed by atoms with van der Waals surface area (Å²) < 4.78 is 28.2. The molecule has 222 valence electrons. The van der Waals surface area contributed by atoms with Gasteiger partial charge in [0.15, 0.2) is 23.0 Å². The smallest absolute Gasteiger partial charge is 0.231 e. The van der Waals surface area contributed by atoms with Crippen LogP contribution in [0.4, 0.5) is 5.82 Å². The Balaban J connectivity index is 1.44. The summed E-state index contributed by atoms with van der Waals surface area (Å²) in [6.07, 6.45) is 0.661. The molecule has 6 rings (SSSR count). The molecule has 2 N–H and O–H groups in total. The number of rotatable bonds is 7. The molecule has 11 heteroatoms. The largest absolute Gasteiger partial charge is 0.493 e. The van der Waals surface area contributed by atoms with E-state index >= 15 is 0 Å². The lowest BCUT2D eigenvalue weighted by Crippen LogP contribution is -2.54. The average Bonchev–Trinajstić information content (AvgIpc) is 3.51. The van der Waals surface area contributed by atoms with Crippen molar-refractivity contribution < 1.29 is 38.7 Å². The van der Waals surface area contributed by atoms with Gasteiger partial charge in [0, 0.05) is 50.8 Å². The number of methoxy groups -OCH3 is 3. The number of amides is 1. The number of carbonyl (C=O) groups excluding carboxylic acids is 1. The lowest BCUT2D eigenvalue weighted by molar-refractivity contribution is -0.142. The van der Waals surface area contributed by atoms with E-state index in [-0.39, 0.29) is 19.3 Å². The predicted molar refractivity (Wildman–Crippen MR) is 153 cm³/mol. The van der Waals surface area contributed by atoms with Gasteiger partial charge in [0.25, 0.3) is 0 Å². The van der Waals surface area contributed by atoms with Gasteiger partial charge < -0.3 is 43.7 Å². The van der Waals surface area contributed by atoms with Gasteiger partial charge in [-0.05, 0) is 53.1 Å². The first-order valence-electron chi connectivity index (χ1n) is 14.0. The van der Waals surface area contributed by atoms with Crippen molar-refractivity contribution in [2.75, 3.05) is 65.8 Å². The van der Waals surface area contributed by atoms with Gasteiger partial charge in [0.05, 0.1) is 33.4 Å². The second-order valence-corrected chi connectivity index (χ2v) is 10.6. The van der Waals surface area contributed by atoms with Crippen molar-refractivity contribution in [3.63, 3.8) is 0 Å². The second kappa shape index (κ2) is 11.6. The van der Waals surface area contributed by atoms with Crippen LogP contribution >= 0.6 is 0 Å². The summed E-state index contributed by atoms with van der Waals surface area (Å²) in [4.78, 5) is 22.9. The van der Waals surface area contributed by atoms with Gasteiger partial charge in [-0.3, -0.25) is 4.79 Å². The highest BCUT2D eigenvalue weighted by Gasteiger charge is 2.49. The molecule has 2 aromatic carbocycles. The zero-order valence-corrected chi connectivity index (χ0v) is 23.9. The first-order valence-corrected chi connectivity index (χ1v) is 14.0. The minimum absolute atomic E-state index is 0.0650. The molecule has 1 fully saturated rings. The minimum atomic E-state index is -1.10. The molecule has 42 heavy (non-hydrogen) atoms. The first-order chi connectivity index (χ1) is 20.5. The monoisotopic (exact) mass is 577 g/mol. The molecule has 0 bridgehead atoms. The van der Waals surface area contributed by atoms with Crippen LogP contribution in [0.25, 0.3) is 0 Å². The standard InChI is InChI=1S/C31H35N3O8/c1-38-24-12-18(13-25(39-2)30(24)40-3)27-19-14-22-23(42-17-41-22)15-20(19)29(36)21(16-35)28(27)31(37)34-10-8-33(9-11-34)26-6-4-5-7-32-26/h4-7,12-15,21,27-29,35-36H,8-11,16-17H2,1-3H3. The van der Waals surface area contributed by atoms with Gasteiger partial charge in [-0.1, -0.05) is 6.07 Å². The fourth-order valence-corrected chi connectivity index (χ4v) is 6.48. The molecule has 1 aliphatic carbocycles. The Morgan fingerprint density at radius 3 is 2.19 bits per heavy atom. The summed E-state index contributed by atoms with van der Waals surface area (Å²) in [5.74, 6) is 0.960. The molecule has 3 aromatic rings. The zero-order chi connectivity index (χ0) is 29.4. The molecule has 1 aromatic heterocycles. The Bertz CT molecular complexity index is 1420. The molecule has 0 saturated carbocycles. The number of carbonyl (C=O) groups is 1. The molecule has 4 unspecified atom stereocenters. The van der Waals surface area contributed by atoms with Crippen molar-refractivity contribution in [3.05, 3.63) is 65.4 Å². The van der Waals surface area contributed by atoms with E-state index in [0.717, 1.165) is 16.9 Å². The third-order valence-corrected chi connectivity index (χ3v) is 8.56. The quantitative estimate of drug-likeness (QED) is 0.433. The number of aliphatic hydroxyl groups excluding tert-OH is 2.